The molecule has 110 valence electrons. The molecule has 0 aliphatic carbocycles. The first kappa shape index (κ1) is 14.6. The lowest BCUT2D eigenvalue weighted by atomic mass is 10.1. The minimum atomic E-state index is -0.538. The van der Waals surface area contributed by atoms with E-state index in [9.17, 15) is 9.18 Å². The topological polar surface area (TPSA) is 55.6 Å². The Morgan fingerprint density at radius 3 is 2.80 bits per heavy atom. The Balaban J connectivity index is 2.48. The van der Waals surface area contributed by atoms with Gasteiger partial charge in [-0.25, -0.2) is 9.18 Å². The molecule has 1 aromatic rings. The van der Waals surface area contributed by atoms with Gasteiger partial charge in [-0.1, -0.05) is 6.92 Å². The number of nitrogen functional groups attached to an aromatic ring is 1. The maximum absolute atomic E-state index is 14.3. The summed E-state index contributed by atoms with van der Waals surface area (Å²) in [6.07, 6.45) is 3.01. The van der Waals surface area contributed by atoms with Crippen LogP contribution in [0.2, 0.25) is 0 Å². The lowest BCUT2D eigenvalue weighted by molar-refractivity contribution is 0.0602. The summed E-state index contributed by atoms with van der Waals surface area (Å²) in [5.74, 6) is -0.925. The van der Waals surface area contributed by atoms with Gasteiger partial charge < -0.3 is 15.4 Å². The molecule has 4 nitrogen and oxygen atoms in total. The molecule has 0 radical (unpaired) electrons. The third-order valence-electron chi connectivity index (χ3n) is 4.06. The highest BCUT2D eigenvalue weighted by Gasteiger charge is 2.32. The molecule has 0 saturated carbocycles. The van der Waals surface area contributed by atoms with E-state index < -0.39 is 5.97 Å². The number of benzene rings is 1. The zero-order chi connectivity index (χ0) is 14.9. The Hall–Kier alpha value is -1.78. The molecule has 2 N–H and O–H groups in total. The van der Waals surface area contributed by atoms with Crippen molar-refractivity contribution in [2.24, 2.45) is 0 Å². The second-order valence-electron chi connectivity index (χ2n) is 5.28. The molecule has 2 unspecified atom stereocenters. The van der Waals surface area contributed by atoms with Gasteiger partial charge >= 0.3 is 5.97 Å². The van der Waals surface area contributed by atoms with Crippen LogP contribution in [0.5, 0.6) is 0 Å². The fourth-order valence-electron chi connectivity index (χ4n) is 2.97. The second kappa shape index (κ2) is 5.69. The molecule has 1 aromatic carbocycles. The lowest BCUT2D eigenvalue weighted by Gasteiger charge is -2.31. The van der Waals surface area contributed by atoms with Gasteiger partial charge in [-0.05, 0) is 38.3 Å². The molecule has 0 amide bonds. The molecule has 1 heterocycles. The largest absolute Gasteiger partial charge is 0.465 e. The predicted octanol–water partition coefficient (Wildman–Crippen LogP) is 2.96. The van der Waals surface area contributed by atoms with E-state index in [0.29, 0.717) is 11.7 Å². The van der Waals surface area contributed by atoms with Crippen LogP contribution in [0.4, 0.5) is 15.8 Å². The number of carbonyl (C=O) groups excluding carboxylic acids is 1. The van der Waals surface area contributed by atoms with Crippen molar-refractivity contribution in [3.63, 3.8) is 0 Å². The number of anilines is 2. The zero-order valence-corrected chi connectivity index (χ0v) is 12.1. The number of rotatable bonds is 3. The molecule has 1 fully saturated rings. The van der Waals surface area contributed by atoms with Crippen molar-refractivity contribution >= 4 is 17.3 Å². The highest BCUT2D eigenvalue weighted by Crippen LogP contribution is 2.35. The van der Waals surface area contributed by atoms with Gasteiger partial charge in [-0.3, -0.25) is 0 Å². The quantitative estimate of drug-likeness (QED) is 0.683. The third kappa shape index (κ3) is 2.44. The van der Waals surface area contributed by atoms with Gasteiger partial charge in [0.2, 0.25) is 0 Å². The SMILES string of the molecule is CCC1CCC(C)N1c1cc(C(=O)OC)c(N)cc1F. The smallest absolute Gasteiger partial charge is 0.340 e. The van der Waals surface area contributed by atoms with Crippen molar-refractivity contribution in [3.8, 4) is 0 Å². The van der Waals surface area contributed by atoms with Crippen molar-refractivity contribution in [3.05, 3.63) is 23.5 Å². The van der Waals surface area contributed by atoms with E-state index in [1.807, 2.05) is 0 Å². The number of hydrogen-bond donors (Lipinski definition) is 1. The van der Waals surface area contributed by atoms with E-state index in [0.717, 1.165) is 19.3 Å². The summed E-state index contributed by atoms with van der Waals surface area (Å²) in [4.78, 5) is 13.8. The minimum Gasteiger partial charge on any atom is -0.465 e. The molecule has 2 atom stereocenters. The van der Waals surface area contributed by atoms with Crippen molar-refractivity contribution in [1.82, 2.24) is 0 Å². The summed E-state index contributed by atoms with van der Waals surface area (Å²) in [6, 6.07) is 3.28. The summed E-state index contributed by atoms with van der Waals surface area (Å²) in [6.45, 7) is 4.16. The van der Waals surface area contributed by atoms with E-state index in [2.05, 4.69) is 18.7 Å². The summed E-state index contributed by atoms with van der Waals surface area (Å²) >= 11 is 0. The number of hydrogen-bond acceptors (Lipinski definition) is 4. The van der Waals surface area contributed by atoms with E-state index in [1.54, 1.807) is 0 Å². The van der Waals surface area contributed by atoms with Gasteiger partial charge in [0.15, 0.2) is 0 Å². The molecule has 0 bridgehead atoms. The van der Waals surface area contributed by atoms with E-state index in [-0.39, 0.29) is 23.1 Å². The van der Waals surface area contributed by atoms with Crippen LogP contribution in [-0.4, -0.2) is 25.2 Å². The molecule has 5 heteroatoms. The minimum absolute atomic E-state index is 0.109. The highest BCUT2D eigenvalue weighted by atomic mass is 19.1. The van der Waals surface area contributed by atoms with Crippen molar-refractivity contribution in [2.75, 3.05) is 17.7 Å². The van der Waals surface area contributed by atoms with Crippen LogP contribution in [0.3, 0.4) is 0 Å². The fourth-order valence-corrected chi connectivity index (χ4v) is 2.97. The van der Waals surface area contributed by atoms with Crippen LogP contribution < -0.4 is 10.6 Å². The normalized spacial score (nSPS) is 22.1. The lowest BCUT2D eigenvalue weighted by Crippen LogP contribution is -2.35. The Morgan fingerprint density at radius 2 is 2.20 bits per heavy atom. The van der Waals surface area contributed by atoms with Crippen LogP contribution in [0.25, 0.3) is 0 Å². The zero-order valence-electron chi connectivity index (χ0n) is 12.1. The van der Waals surface area contributed by atoms with Crippen LogP contribution in [0.1, 0.15) is 43.5 Å². The van der Waals surface area contributed by atoms with Gasteiger partial charge in [0.05, 0.1) is 18.4 Å². The first-order chi connectivity index (χ1) is 9.49. The molecule has 1 aliphatic rings. The van der Waals surface area contributed by atoms with Gasteiger partial charge in [0.1, 0.15) is 5.82 Å². The first-order valence-electron chi connectivity index (χ1n) is 6.95. The van der Waals surface area contributed by atoms with Gasteiger partial charge in [0, 0.05) is 17.8 Å². The van der Waals surface area contributed by atoms with Gasteiger partial charge in [0.25, 0.3) is 0 Å². The predicted molar refractivity (Wildman–Crippen MR) is 77.4 cm³/mol. The maximum Gasteiger partial charge on any atom is 0.340 e. The molecule has 0 aromatic heterocycles. The number of nitrogens with zero attached hydrogens (tertiary/aromatic N) is 1. The van der Waals surface area contributed by atoms with Crippen molar-refractivity contribution in [1.29, 1.82) is 0 Å². The average molecular weight is 280 g/mol. The molecule has 1 saturated heterocycles. The number of carbonyl (C=O) groups is 1. The molecular formula is C15H21FN2O2. The van der Waals surface area contributed by atoms with Crippen LogP contribution in [-0.2, 0) is 4.74 Å². The number of nitrogens with two attached hydrogens (primary N) is 1. The van der Waals surface area contributed by atoms with Crippen LogP contribution in [0, 0.1) is 5.82 Å². The van der Waals surface area contributed by atoms with Crippen LogP contribution >= 0.6 is 0 Å². The number of methoxy groups -OCH3 is 1. The Bertz CT molecular complexity index is 519. The monoisotopic (exact) mass is 280 g/mol. The summed E-state index contributed by atoms with van der Waals surface area (Å²) in [7, 11) is 1.29. The van der Waals surface area contributed by atoms with Gasteiger partial charge in [-0.2, -0.15) is 0 Å². The van der Waals surface area contributed by atoms with E-state index >= 15 is 0 Å². The molecule has 1 aliphatic heterocycles. The Morgan fingerprint density at radius 1 is 1.50 bits per heavy atom. The number of esters is 1. The average Bonchev–Trinajstić information content (AvgIpc) is 2.79. The van der Waals surface area contributed by atoms with E-state index in [1.165, 1.54) is 19.2 Å². The first-order valence-corrected chi connectivity index (χ1v) is 6.95. The van der Waals surface area contributed by atoms with Crippen molar-refractivity contribution in [2.45, 2.75) is 45.2 Å². The third-order valence-corrected chi connectivity index (χ3v) is 4.06. The fraction of sp³-hybridized carbons (Fsp3) is 0.533. The Labute approximate surface area is 118 Å². The molecule has 20 heavy (non-hydrogen) atoms. The molecular weight excluding hydrogens is 259 g/mol. The van der Waals surface area contributed by atoms with E-state index in [4.69, 9.17) is 10.5 Å². The van der Waals surface area contributed by atoms with Gasteiger partial charge in [-0.15, -0.1) is 0 Å². The molecule has 0 spiro atoms. The second-order valence-corrected chi connectivity index (χ2v) is 5.28. The standard InChI is InChI=1S/C15H21FN2O2/c1-4-10-6-5-9(2)18(10)14-7-11(15(19)20-3)13(17)8-12(14)16/h7-10H,4-6,17H2,1-3H3. The number of halogens is 1. The van der Waals surface area contributed by atoms with Crippen LogP contribution in [0.15, 0.2) is 12.1 Å². The maximum atomic E-state index is 14.3. The number of ether oxygens (including phenoxy) is 1. The Kier molecular flexibility index (Phi) is 4.16. The van der Waals surface area contributed by atoms with Crippen molar-refractivity contribution < 1.29 is 13.9 Å². The highest BCUT2D eigenvalue weighted by molar-refractivity contribution is 5.96. The summed E-state index contributed by atoms with van der Waals surface area (Å²) < 4.78 is 19.0. The molecule has 2 rings (SSSR count). The summed E-state index contributed by atoms with van der Waals surface area (Å²) in [5, 5.41) is 0. The summed E-state index contributed by atoms with van der Waals surface area (Å²) in [5.41, 5.74) is 6.48.